The number of aromatic nitrogens is 3. The Balaban J connectivity index is 1.59. The van der Waals surface area contributed by atoms with E-state index in [0.717, 1.165) is 30.4 Å². The summed E-state index contributed by atoms with van der Waals surface area (Å²) in [5.74, 6) is 2.47. The van der Waals surface area contributed by atoms with Gasteiger partial charge >= 0.3 is 0 Å². The van der Waals surface area contributed by atoms with Gasteiger partial charge in [0, 0.05) is 19.0 Å². The van der Waals surface area contributed by atoms with E-state index in [0.29, 0.717) is 17.9 Å². The topological polar surface area (TPSA) is 59.8 Å². The van der Waals surface area contributed by atoms with Crippen LogP contribution in [0, 0.1) is 11.8 Å². The molecule has 1 aromatic rings. The summed E-state index contributed by atoms with van der Waals surface area (Å²) < 4.78 is 2.22. The van der Waals surface area contributed by atoms with Crippen molar-refractivity contribution in [3.8, 4) is 0 Å². The van der Waals surface area contributed by atoms with Gasteiger partial charge in [-0.25, -0.2) is 0 Å². The molecule has 0 saturated heterocycles. The van der Waals surface area contributed by atoms with Gasteiger partial charge in [0.25, 0.3) is 0 Å². The van der Waals surface area contributed by atoms with Crippen LogP contribution in [0.2, 0.25) is 0 Å². The lowest BCUT2D eigenvalue weighted by atomic mass is 9.78. The number of rotatable bonds is 4. The Bertz CT molecular complexity index is 573. The van der Waals surface area contributed by atoms with E-state index in [1.54, 1.807) is 11.8 Å². The Kier molecular flexibility index (Phi) is 5.85. The highest BCUT2D eigenvalue weighted by Gasteiger charge is 2.30. The molecule has 1 aliphatic carbocycles. The molecule has 3 rings (SSSR count). The highest BCUT2D eigenvalue weighted by molar-refractivity contribution is 8.00. The lowest BCUT2D eigenvalue weighted by Crippen LogP contribution is -2.46. The summed E-state index contributed by atoms with van der Waals surface area (Å²) in [5.41, 5.74) is 0. The number of fused-ring (bicyclic) bond motifs is 1. The summed E-state index contributed by atoms with van der Waals surface area (Å²) in [6.45, 7) is 7.53. The molecule has 0 radical (unpaired) electrons. The fourth-order valence-electron chi connectivity index (χ4n) is 3.84. The van der Waals surface area contributed by atoms with E-state index < -0.39 is 0 Å². The zero-order valence-corrected chi connectivity index (χ0v) is 15.9. The lowest BCUT2D eigenvalue weighted by Gasteiger charge is -2.35. The number of nitrogens with zero attached hydrogens (tertiary/aromatic N) is 3. The van der Waals surface area contributed by atoms with Crippen molar-refractivity contribution in [3.05, 3.63) is 5.82 Å². The zero-order chi connectivity index (χ0) is 17.1. The van der Waals surface area contributed by atoms with E-state index >= 15 is 0 Å². The molecule has 0 spiro atoms. The predicted octanol–water partition coefficient (Wildman–Crippen LogP) is 3.43. The number of nitrogens with one attached hydrogen (secondary N) is 1. The summed E-state index contributed by atoms with van der Waals surface area (Å²) in [4.78, 5) is 12.6. The summed E-state index contributed by atoms with van der Waals surface area (Å²) >= 11 is 1.55. The molecule has 6 heteroatoms. The number of amides is 1. The van der Waals surface area contributed by atoms with Crippen LogP contribution < -0.4 is 5.32 Å². The molecule has 2 heterocycles. The first-order valence-corrected chi connectivity index (χ1v) is 10.3. The Morgan fingerprint density at radius 2 is 2.04 bits per heavy atom. The third-order valence-corrected chi connectivity index (χ3v) is 6.84. The van der Waals surface area contributed by atoms with Gasteiger partial charge in [0.1, 0.15) is 5.82 Å². The molecule has 4 atom stereocenters. The van der Waals surface area contributed by atoms with Gasteiger partial charge in [0.15, 0.2) is 5.16 Å². The molecule has 0 aromatic carbocycles. The van der Waals surface area contributed by atoms with Crippen LogP contribution in [-0.2, 0) is 17.8 Å². The Hall–Kier alpha value is -1.04. The van der Waals surface area contributed by atoms with Crippen molar-refractivity contribution in [1.29, 1.82) is 0 Å². The van der Waals surface area contributed by atoms with Gasteiger partial charge in [-0.3, -0.25) is 4.79 Å². The van der Waals surface area contributed by atoms with Crippen molar-refractivity contribution in [2.24, 2.45) is 11.8 Å². The number of aryl methyl sites for hydroxylation is 1. The van der Waals surface area contributed by atoms with Crippen LogP contribution in [-0.4, -0.2) is 32.0 Å². The van der Waals surface area contributed by atoms with E-state index in [1.807, 2.05) is 6.92 Å². The second-order valence-corrected chi connectivity index (χ2v) is 8.81. The second kappa shape index (κ2) is 7.89. The standard InChI is InChI=1S/C18H30N4OS/c1-12-8-7-9-15(13(12)2)19-17(23)14(3)24-18-21-20-16-10-5-4-6-11-22(16)18/h12-15H,4-11H2,1-3H3,(H,19,23)/t12-,13-,14-,15-/m1/s1. The van der Waals surface area contributed by atoms with Crippen molar-refractivity contribution in [2.45, 2.75) is 88.7 Å². The molecule has 24 heavy (non-hydrogen) atoms. The van der Waals surface area contributed by atoms with Crippen LogP contribution in [0.15, 0.2) is 5.16 Å². The van der Waals surface area contributed by atoms with Gasteiger partial charge in [-0.05, 0) is 38.0 Å². The van der Waals surface area contributed by atoms with Crippen molar-refractivity contribution < 1.29 is 4.79 Å². The van der Waals surface area contributed by atoms with E-state index in [4.69, 9.17) is 0 Å². The number of carbonyl (C=O) groups excluding carboxylic acids is 1. The molecule has 1 N–H and O–H groups in total. The molecule has 1 aliphatic heterocycles. The first-order chi connectivity index (χ1) is 11.6. The molecular formula is C18H30N4OS. The Morgan fingerprint density at radius 1 is 1.21 bits per heavy atom. The van der Waals surface area contributed by atoms with Gasteiger partial charge < -0.3 is 9.88 Å². The largest absolute Gasteiger partial charge is 0.352 e. The van der Waals surface area contributed by atoms with Gasteiger partial charge in [-0.2, -0.15) is 0 Å². The highest BCUT2D eigenvalue weighted by Crippen LogP contribution is 2.30. The lowest BCUT2D eigenvalue weighted by molar-refractivity contribution is -0.121. The van der Waals surface area contributed by atoms with E-state index in [9.17, 15) is 4.79 Å². The SMILES string of the molecule is C[C@@H]1[C@H](C)CCC[C@H]1NC(=O)[C@@H](C)Sc1nnc2n1CCCCC2. The van der Waals surface area contributed by atoms with Crippen LogP contribution in [0.3, 0.4) is 0 Å². The number of carbonyl (C=O) groups is 1. The summed E-state index contributed by atoms with van der Waals surface area (Å²) in [6, 6.07) is 0.319. The smallest absolute Gasteiger partial charge is 0.233 e. The Labute approximate surface area is 149 Å². The summed E-state index contributed by atoms with van der Waals surface area (Å²) in [5, 5.41) is 12.7. The van der Waals surface area contributed by atoms with Crippen LogP contribution in [0.4, 0.5) is 0 Å². The fourth-order valence-corrected chi connectivity index (χ4v) is 4.75. The number of hydrogen-bond acceptors (Lipinski definition) is 4. The van der Waals surface area contributed by atoms with Gasteiger partial charge in [0.2, 0.25) is 5.91 Å². The first-order valence-electron chi connectivity index (χ1n) is 9.45. The first kappa shape index (κ1) is 17.8. The molecule has 1 saturated carbocycles. The van der Waals surface area contributed by atoms with E-state index in [1.165, 1.54) is 32.1 Å². The molecule has 1 fully saturated rings. The van der Waals surface area contributed by atoms with Crippen molar-refractivity contribution in [2.75, 3.05) is 0 Å². The molecule has 0 unspecified atom stereocenters. The van der Waals surface area contributed by atoms with Crippen LogP contribution in [0.5, 0.6) is 0 Å². The van der Waals surface area contributed by atoms with Gasteiger partial charge in [0.05, 0.1) is 5.25 Å². The molecule has 5 nitrogen and oxygen atoms in total. The molecule has 1 amide bonds. The molecular weight excluding hydrogens is 320 g/mol. The van der Waals surface area contributed by atoms with Gasteiger partial charge in [-0.1, -0.05) is 44.9 Å². The zero-order valence-electron chi connectivity index (χ0n) is 15.1. The maximum atomic E-state index is 12.6. The fraction of sp³-hybridized carbons (Fsp3) is 0.833. The minimum atomic E-state index is -0.133. The third-order valence-electron chi connectivity index (χ3n) is 5.76. The van der Waals surface area contributed by atoms with Crippen LogP contribution in [0.1, 0.15) is 65.1 Å². The quantitative estimate of drug-likeness (QED) is 0.845. The minimum Gasteiger partial charge on any atom is -0.352 e. The third kappa shape index (κ3) is 3.95. The van der Waals surface area contributed by atoms with E-state index in [-0.39, 0.29) is 11.2 Å². The van der Waals surface area contributed by atoms with Crippen molar-refractivity contribution in [1.82, 2.24) is 20.1 Å². The molecule has 2 aliphatic rings. The molecule has 1 aromatic heterocycles. The molecule has 134 valence electrons. The van der Waals surface area contributed by atoms with Gasteiger partial charge in [-0.15, -0.1) is 10.2 Å². The monoisotopic (exact) mass is 350 g/mol. The van der Waals surface area contributed by atoms with Crippen molar-refractivity contribution >= 4 is 17.7 Å². The number of hydrogen-bond donors (Lipinski definition) is 1. The average molecular weight is 351 g/mol. The molecule has 0 bridgehead atoms. The number of thioether (sulfide) groups is 1. The van der Waals surface area contributed by atoms with E-state index in [2.05, 4.69) is 33.9 Å². The predicted molar refractivity (Wildman–Crippen MR) is 97.0 cm³/mol. The highest BCUT2D eigenvalue weighted by atomic mass is 32.2. The normalized spacial score (nSPS) is 28.7. The van der Waals surface area contributed by atoms with Crippen molar-refractivity contribution in [3.63, 3.8) is 0 Å². The van der Waals surface area contributed by atoms with Crippen LogP contribution in [0.25, 0.3) is 0 Å². The minimum absolute atomic E-state index is 0.133. The second-order valence-electron chi connectivity index (χ2n) is 7.50. The summed E-state index contributed by atoms with van der Waals surface area (Å²) in [7, 11) is 0. The van der Waals surface area contributed by atoms with Crippen LogP contribution >= 0.6 is 11.8 Å². The summed E-state index contributed by atoms with van der Waals surface area (Å²) in [6.07, 6.45) is 8.23. The average Bonchev–Trinajstić information content (AvgIpc) is 2.79. The maximum Gasteiger partial charge on any atom is 0.233 e. The Morgan fingerprint density at radius 3 is 2.88 bits per heavy atom. The maximum absolute atomic E-state index is 12.6.